The molecule has 1 fully saturated rings. The van der Waals surface area contributed by atoms with E-state index in [1.807, 2.05) is 74.5 Å². The number of aliphatic imine (C=N–C) groups is 1. The summed E-state index contributed by atoms with van der Waals surface area (Å²) < 4.78 is 0.776. The zero-order valence-electron chi connectivity index (χ0n) is 22.8. The van der Waals surface area contributed by atoms with Gasteiger partial charge in [0.2, 0.25) is 0 Å². The molecule has 0 bridgehead atoms. The summed E-state index contributed by atoms with van der Waals surface area (Å²) in [4.78, 5) is 20.1. The molecule has 204 valence electrons. The number of hydrogen-bond acceptors (Lipinski definition) is 5. The molecule has 6 nitrogen and oxygen atoms in total. The van der Waals surface area contributed by atoms with Crippen molar-refractivity contribution in [2.24, 2.45) is 4.99 Å². The topological polar surface area (TPSA) is 77.0 Å². The molecule has 2 aromatic rings. The molecule has 0 atom stereocenters. The first kappa shape index (κ1) is 31.2. The molecule has 1 amide bonds. The molecule has 4 rings (SSSR count). The first-order valence-electron chi connectivity index (χ1n) is 12.9. The number of phenols is 1. The predicted octanol–water partition coefficient (Wildman–Crippen LogP) is 7.16. The number of amides is 1. The van der Waals surface area contributed by atoms with Crippen molar-refractivity contribution in [1.82, 2.24) is 15.5 Å². The van der Waals surface area contributed by atoms with Crippen LogP contribution >= 0.6 is 27.7 Å². The number of nitrogens with one attached hydrogen (secondary N) is 2. The summed E-state index contributed by atoms with van der Waals surface area (Å²) in [6.07, 6.45) is 10.8. The van der Waals surface area contributed by atoms with Crippen LogP contribution < -0.4 is 10.6 Å². The van der Waals surface area contributed by atoms with Gasteiger partial charge in [0.1, 0.15) is 17.4 Å². The number of thioether (sulfide) groups is 1. The number of carbonyl (C=O) groups is 1. The van der Waals surface area contributed by atoms with E-state index in [1.54, 1.807) is 30.0 Å². The van der Waals surface area contributed by atoms with Crippen LogP contribution in [-0.4, -0.2) is 48.1 Å². The van der Waals surface area contributed by atoms with Gasteiger partial charge in [0.25, 0.3) is 5.91 Å². The molecule has 2 aromatic carbocycles. The fourth-order valence-corrected chi connectivity index (χ4v) is 4.27. The highest BCUT2D eigenvalue weighted by atomic mass is 79.9. The number of carbonyl (C=O) groups excluding carboxylic acids is 1. The average molecular weight is 600 g/mol. The number of aromatic hydroxyl groups is 1. The number of hydrogen-bond donors (Lipinski definition) is 3. The lowest BCUT2D eigenvalue weighted by Crippen LogP contribution is -2.37. The zero-order valence-corrected chi connectivity index (χ0v) is 25.2. The third-order valence-electron chi connectivity index (χ3n) is 5.40. The van der Waals surface area contributed by atoms with Crippen molar-refractivity contribution in [3.05, 3.63) is 88.7 Å². The van der Waals surface area contributed by atoms with Gasteiger partial charge in [-0.05, 0) is 52.9 Å². The van der Waals surface area contributed by atoms with Gasteiger partial charge in [0.15, 0.2) is 0 Å². The number of phenolic OH excluding ortho intramolecular Hbond substituents is 1. The van der Waals surface area contributed by atoms with E-state index in [-0.39, 0.29) is 11.7 Å². The molecule has 1 aliphatic carbocycles. The van der Waals surface area contributed by atoms with Crippen LogP contribution in [0.1, 0.15) is 55.5 Å². The zero-order chi connectivity index (χ0) is 27.9. The summed E-state index contributed by atoms with van der Waals surface area (Å²) in [7, 11) is 1.91. The number of nitrogens with zero attached hydrogens (tertiary/aromatic N) is 2. The molecule has 3 N–H and O–H groups in total. The smallest absolute Gasteiger partial charge is 0.252 e. The first-order chi connectivity index (χ1) is 18.5. The normalized spacial score (nSPS) is 16.1. The third-order valence-corrected chi connectivity index (χ3v) is 6.90. The van der Waals surface area contributed by atoms with Gasteiger partial charge < -0.3 is 20.6 Å². The number of para-hydroxylation sites is 1. The summed E-state index contributed by atoms with van der Waals surface area (Å²) in [5, 5.41) is 16.6. The van der Waals surface area contributed by atoms with Gasteiger partial charge >= 0.3 is 0 Å². The highest BCUT2D eigenvalue weighted by molar-refractivity contribution is 9.11. The highest BCUT2D eigenvalue weighted by Crippen LogP contribution is 2.29. The van der Waals surface area contributed by atoms with E-state index in [1.165, 1.54) is 19.3 Å². The van der Waals surface area contributed by atoms with Gasteiger partial charge in [-0.25, -0.2) is 0 Å². The Balaban J connectivity index is 0.000000925. The molecule has 0 radical (unpaired) electrons. The van der Waals surface area contributed by atoms with E-state index in [0.717, 1.165) is 26.7 Å². The van der Waals surface area contributed by atoms with Crippen molar-refractivity contribution in [2.75, 3.05) is 26.4 Å². The Morgan fingerprint density at radius 3 is 2.47 bits per heavy atom. The van der Waals surface area contributed by atoms with Crippen LogP contribution in [-0.2, 0) is 0 Å². The van der Waals surface area contributed by atoms with Crippen LogP contribution in [0, 0.1) is 0 Å². The number of allylic oxidation sites excluding steroid dienone is 2. The van der Waals surface area contributed by atoms with Crippen LogP contribution in [0.15, 0.2) is 87.5 Å². The lowest BCUT2D eigenvalue weighted by atomic mass is 10.1. The molecule has 8 heteroatoms. The van der Waals surface area contributed by atoms with Gasteiger partial charge in [-0.15, -0.1) is 11.8 Å². The SMILES string of the molecule is C1CC1.C=C/C(Br)=C1/NC(c2ccccc2O)=CC(=NCCCNC(=O)c2ccccc2SC)N1C.CC. The van der Waals surface area contributed by atoms with Gasteiger partial charge in [0, 0.05) is 36.7 Å². The largest absolute Gasteiger partial charge is 0.507 e. The second kappa shape index (κ2) is 16.8. The predicted molar refractivity (Wildman–Crippen MR) is 166 cm³/mol. The molecule has 1 aliphatic heterocycles. The maximum absolute atomic E-state index is 12.5. The molecule has 1 saturated carbocycles. The summed E-state index contributed by atoms with van der Waals surface area (Å²) in [6, 6.07) is 14.7. The minimum absolute atomic E-state index is 0.0755. The maximum Gasteiger partial charge on any atom is 0.252 e. The molecule has 38 heavy (non-hydrogen) atoms. The van der Waals surface area contributed by atoms with Crippen molar-refractivity contribution in [3.63, 3.8) is 0 Å². The fourth-order valence-electron chi connectivity index (χ4n) is 3.30. The minimum atomic E-state index is -0.0755. The summed E-state index contributed by atoms with van der Waals surface area (Å²) in [6.45, 7) is 8.89. The van der Waals surface area contributed by atoms with Crippen LogP contribution in [0.4, 0.5) is 0 Å². The van der Waals surface area contributed by atoms with Crippen LogP contribution in [0.5, 0.6) is 5.75 Å². The molecule has 0 saturated heterocycles. The van der Waals surface area contributed by atoms with Crippen LogP contribution in [0.25, 0.3) is 5.70 Å². The molecule has 2 aliphatic rings. The van der Waals surface area contributed by atoms with Gasteiger partial charge in [-0.3, -0.25) is 9.79 Å². The summed E-state index contributed by atoms with van der Waals surface area (Å²) in [5.41, 5.74) is 2.11. The Hall–Kier alpha value is -2.97. The Bertz CT molecular complexity index is 1170. The van der Waals surface area contributed by atoms with Gasteiger partial charge in [-0.2, -0.15) is 0 Å². The molecular weight excluding hydrogens is 560 g/mol. The van der Waals surface area contributed by atoms with E-state index in [0.29, 0.717) is 30.6 Å². The Kier molecular flexibility index (Phi) is 13.8. The number of likely N-dealkylation sites (N-methyl/N-ethyl adjacent to an activating group) is 1. The Labute approximate surface area is 240 Å². The second-order valence-corrected chi connectivity index (χ2v) is 9.97. The van der Waals surface area contributed by atoms with Crippen molar-refractivity contribution >= 4 is 45.1 Å². The molecule has 0 aromatic heterocycles. The summed E-state index contributed by atoms with van der Waals surface area (Å²) in [5.74, 6) is 1.61. The Morgan fingerprint density at radius 1 is 1.18 bits per heavy atom. The molecule has 0 spiro atoms. The van der Waals surface area contributed by atoms with E-state index in [4.69, 9.17) is 4.99 Å². The standard InChI is InChI=1S/C25H27BrN4O2S.C3H6.C2H6/c1-4-19(26)24-29-20(17-10-5-7-12-21(17)31)16-23(30(24)2)27-14-9-15-28-25(32)18-11-6-8-13-22(18)33-3;1-2-3-1;1-2/h4-8,10-13,16,29,31H,1,9,14-15H2,2-3H3,(H,28,32);1-3H2;1-2H3/b24-19+,27-23?;;. The molecule has 0 unspecified atom stereocenters. The van der Waals surface area contributed by atoms with Gasteiger partial charge in [-0.1, -0.05) is 70.0 Å². The van der Waals surface area contributed by atoms with Crippen molar-refractivity contribution in [2.45, 2.75) is 44.4 Å². The highest BCUT2D eigenvalue weighted by Gasteiger charge is 2.22. The molecule has 1 heterocycles. The first-order valence-corrected chi connectivity index (χ1v) is 15.0. The van der Waals surface area contributed by atoms with E-state index >= 15 is 0 Å². The van der Waals surface area contributed by atoms with E-state index in [9.17, 15) is 9.90 Å². The quantitative estimate of drug-likeness (QED) is 0.222. The lowest BCUT2D eigenvalue weighted by Gasteiger charge is -2.31. The van der Waals surface area contributed by atoms with Crippen molar-refractivity contribution in [1.29, 1.82) is 0 Å². The number of amidine groups is 1. The maximum atomic E-state index is 12.5. The summed E-state index contributed by atoms with van der Waals surface area (Å²) >= 11 is 5.09. The van der Waals surface area contributed by atoms with Gasteiger partial charge in [0.05, 0.1) is 15.7 Å². The fraction of sp³-hybridized carbons (Fsp3) is 0.333. The molecular formula is C30H39BrN4O2S. The van der Waals surface area contributed by atoms with E-state index < -0.39 is 0 Å². The monoisotopic (exact) mass is 598 g/mol. The lowest BCUT2D eigenvalue weighted by molar-refractivity contribution is 0.0950. The third kappa shape index (κ3) is 9.40. The average Bonchev–Trinajstić information content (AvgIpc) is 3.84. The number of benzene rings is 2. The van der Waals surface area contributed by atoms with Crippen molar-refractivity contribution in [3.8, 4) is 5.75 Å². The number of halogens is 1. The minimum Gasteiger partial charge on any atom is -0.507 e. The van der Waals surface area contributed by atoms with Crippen LogP contribution in [0.3, 0.4) is 0 Å². The second-order valence-electron chi connectivity index (χ2n) is 8.27. The Morgan fingerprint density at radius 2 is 1.84 bits per heavy atom. The van der Waals surface area contributed by atoms with E-state index in [2.05, 4.69) is 33.1 Å². The van der Waals surface area contributed by atoms with Crippen LogP contribution in [0.2, 0.25) is 0 Å². The number of rotatable bonds is 8. The van der Waals surface area contributed by atoms with Crippen molar-refractivity contribution < 1.29 is 9.90 Å².